The van der Waals surface area contributed by atoms with Crippen molar-refractivity contribution >= 4 is 11.9 Å². The van der Waals surface area contributed by atoms with Gasteiger partial charge in [-0.1, -0.05) is 12.1 Å². The van der Waals surface area contributed by atoms with Crippen molar-refractivity contribution in [2.75, 3.05) is 19.8 Å². The second-order valence-corrected chi connectivity index (χ2v) is 6.39. The second kappa shape index (κ2) is 8.14. The van der Waals surface area contributed by atoms with E-state index in [1.165, 1.54) is 0 Å². The molecular formula is C19H23N3O4. The van der Waals surface area contributed by atoms with Crippen molar-refractivity contribution in [2.24, 2.45) is 0 Å². The molecule has 1 saturated heterocycles. The van der Waals surface area contributed by atoms with E-state index in [2.05, 4.69) is 15.3 Å². The number of imidazole rings is 1. The molecule has 0 spiro atoms. The molecule has 1 aromatic heterocycles. The SMILES string of the molecule is Cc1nc(-c2ccc(C(=O)OCC(=O)NCC3CCCO3)cc2)[nH]c1C. The predicted molar refractivity (Wildman–Crippen MR) is 95.8 cm³/mol. The first-order valence-corrected chi connectivity index (χ1v) is 8.72. The Labute approximate surface area is 152 Å². The topological polar surface area (TPSA) is 93.3 Å². The number of nitrogens with zero attached hydrogens (tertiary/aromatic N) is 1. The van der Waals surface area contributed by atoms with Crippen molar-refractivity contribution in [3.05, 3.63) is 41.2 Å². The highest BCUT2D eigenvalue weighted by Gasteiger charge is 2.17. The van der Waals surface area contributed by atoms with Crippen LogP contribution in [0.4, 0.5) is 0 Å². The molecule has 2 heterocycles. The largest absolute Gasteiger partial charge is 0.452 e. The first-order chi connectivity index (χ1) is 12.5. The lowest BCUT2D eigenvalue weighted by molar-refractivity contribution is -0.124. The molecule has 0 aliphatic carbocycles. The quantitative estimate of drug-likeness (QED) is 0.773. The third kappa shape index (κ3) is 4.49. The fourth-order valence-electron chi connectivity index (χ4n) is 2.75. The molecule has 1 aliphatic rings. The third-order valence-corrected chi connectivity index (χ3v) is 4.41. The van der Waals surface area contributed by atoms with Gasteiger partial charge in [0.15, 0.2) is 6.61 Å². The number of aromatic nitrogens is 2. The van der Waals surface area contributed by atoms with Crippen molar-refractivity contribution in [2.45, 2.75) is 32.8 Å². The number of hydrogen-bond donors (Lipinski definition) is 2. The van der Waals surface area contributed by atoms with E-state index in [0.717, 1.165) is 42.2 Å². The molecule has 1 fully saturated rings. The van der Waals surface area contributed by atoms with Gasteiger partial charge in [0, 0.05) is 24.4 Å². The van der Waals surface area contributed by atoms with Gasteiger partial charge in [0.25, 0.3) is 5.91 Å². The van der Waals surface area contributed by atoms with Crippen molar-refractivity contribution in [1.29, 1.82) is 0 Å². The smallest absolute Gasteiger partial charge is 0.338 e. The monoisotopic (exact) mass is 357 g/mol. The van der Waals surface area contributed by atoms with Gasteiger partial charge in [-0.25, -0.2) is 9.78 Å². The minimum Gasteiger partial charge on any atom is -0.452 e. The Hall–Kier alpha value is -2.67. The number of rotatable bonds is 6. The van der Waals surface area contributed by atoms with Gasteiger partial charge in [-0.05, 0) is 38.8 Å². The van der Waals surface area contributed by atoms with Gasteiger partial charge < -0.3 is 19.8 Å². The number of benzene rings is 1. The molecule has 1 atom stereocenters. The van der Waals surface area contributed by atoms with E-state index in [0.29, 0.717) is 12.1 Å². The van der Waals surface area contributed by atoms with E-state index in [1.54, 1.807) is 24.3 Å². The number of nitrogens with one attached hydrogen (secondary N) is 2. The molecule has 7 nitrogen and oxygen atoms in total. The van der Waals surface area contributed by atoms with Crippen LogP contribution in [0, 0.1) is 13.8 Å². The molecule has 0 saturated carbocycles. The Morgan fingerprint density at radius 1 is 1.31 bits per heavy atom. The van der Waals surface area contributed by atoms with Crippen molar-refractivity contribution in [3.63, 3.8) is 0 Å². The van der Waals surface area contributed by atoms with E-state index >= 15 is 0 Å². The Kier molecular flexibility index (Phi) is 5.68. The summed E-state index contributed by atoms with van der Waals surface area (Å²) in [6.45, 7) is 4.78. The van der Waals surface area contributed by atoms with E-state index in [1.807, 2.05) is 13.8 Å². The molecule has 1 aliphatic heterocycles. The molecule has 2 N–H and O–H groups in total. The van der Waals surface area contributed by atoms with Crippen LogP contribution < -0.4 is 5.32 Å². The standard InChI is InChI=1S/C19H23N3O4/c1-12-13(2)22-18(21-12)14-5-7-15(8-6-14)19(24)26-11-17(23)20-10-16-4-3-9-25-16/h5-8,16H,3-4,9-11H2,1-2H3,(H,20,23)(H,21,22). The normalized spacial score (nSPS) is 16.5. The van der Waals surface area contributed by atoms with Gasteiger partial charge in [-0.15, -0.1) is 0 Å². The lowest BCUT2D eigenvalue weighted by atomic mass is 10.1. The number of aromatic amines is 1. The Bertz CT molecular complexity index is 757. The molecule has 3 rings (SSSR count). The molecular weight excluding hydrogens is 334 g/mol. The number of carbonyl (C=O) groups excluding carboxylic acids is 2. The number of esters is 1. The van der Waals surface area contributed by atoms with E-state index in [9.17, 15) is 9.59 Å². The maximum absolute atomic E-state index is 12.1. The van der Waals surface area contributed by atoms with E-state index < -0.39 is 5.97 Å². The molecule has 7 heteroatoms. The summed E-state index contributed by atoms with van der Waals surface area (Å²) in [7, 11) is 0. The number of amides is 1. The summed E-state index contributed by atoms with van der Waals surface area (Å²) in [5, 5.41) is 2.72. The van der Waals surface area contributed by atoms with Gasteiger partial charge in [0.1, 0.15) is 5.82 Å². The van der Waals surface area contributed by atoms with Crippen LogP contribution in [0.3, 0.4) is 0 Å². The summed E-state index contributed by atoms with van der Waals surface area (Å²) in [6, 6.07) is 6.92. The van der Waals surface area contributed by atoms with Crippen LogP contribution in [-0.2, 0) is 14.3 Å². The van der Waals surface area contributed by atoms with E-state index in [4.69, 9.17) is 9.47 Å². The van der Waals surface area contributed by atoms with Gasteiger partial charge in [-0.3, -0.25) is 4.79 Å². The maximum Gasteiger partial charge on any atom is 0.338 e. The lowest BCUT2D eigenvalue weighted by Crippen LogP contribution is -2.34. The number of H-pyrrole nitrogens is 1. The van der Waals surface area contributed by atoms with Crippen LogP contribution in [0.15, 0.2) is 24.3 Å². The summed E-state index contributed by atoms with van der Waals surface area (Å²) >= 11 is 0. The zero-order chi connectivity index (χ0) is 18.5. The van der Waals surface area contributed by atoms with Crippen LogP contribution in [0.25, 0.3) is 11.4 Å². The summed E-state index contributed by atoms with van der Waals surface area (Å²) in [5.41, 5.74) is 3.22. The Morgan fingerprint density at radius 2 is 2.08 bits per heavy atom. The number of hydrogen-bond acceptors (Lipinski definition) is 5. The first-order valence-electron chi connectivity index (χ1n) is 8.72. The number of aryl methyl sites for hydroxylation is 2. The van der Waals surface area contributed by atoms with Gasteiger partial charge >= 0.3 is 5.97 Å². The Morgan fingerprint density at radius 3 is 2.69 bits per heavy atom. The van der Waals surface area contributed by atoms with Crippen molar-refractivity contribution in [3.8, 4) is 11.4 Å². The Balaban J connectivity index is 1.49. The van der Waals surface area contributed by atoms with Gasteiger partial charge in [0.05, 0.1) is 17.4 Å². The van der Waals surface area contributed by atoms with Crippen LogP contribution in [0.2, 0.25) is 0 Å². The van der Waals surface area contributed by atoms with Crippen molar-refractivity contribution in [1.82, 2.24) is 15.3 Å². The fourth-order valence-corrected chi connectivity index (χ4v) is 2.75. The second-order valence-electron chi connectivity index (χ2n) is 6.39. The van der Waals surface area contributed by atoms with Crippen molar-refractivity contribution < 1.29 is 19.1 Å². The minimum absolute atomic E-state index is 0.0658. The minimum atomic E-state index is -0.532. The molecule has 138 valence electrons. The third-order valence-electron chi connectivity index (χ3n) is 4.41. The molecule has 1 aromatic carbocycles. The summed E-state index contributed by atoms with van der Waals surface area (Å²) in [6.07, 6.45) is 2.03. The van der Waals surface area contributed by atoms with Gasteiger partial charge in [0.2, 0.25) is 0 Å². The zero-order valence-electron chi connectivity index (χ0n) is 15.0. The molecule has 0 bridgehead atoms. The van der Waals surface area contributed by atoms with Crippen LogP contribution in [0.1, 0.15) is 34.6 Å². The average molecular weight is 357 g/mol. The first kappa shape index (κ1) is 18.1. The fraction of sp³-hybridized carbons (Fsp3) is 0.421. The summed E-state index contributed by atoms with van der Waals surface area (Å²) < 4.78 is 10.5. The van der Waals surface area contributed by atoms with Crippen LogP contribution in [-0.4, -0.2) is 47.7 Å². The van der Waals surface area contributed by atoms with E-state index in [-0.39, 0.29) is 18.6 Å². The highest BCUT2D eigenvalue weighted by Crippen LogP contribution is 2.18. The van der Waals surface area contributed by atoms with Crippen LogP contribution in [0.5, 0.6) is 0 Å². The molecule has 2 aromatic rings. The predicted octanol–water partition coefficient (Wildman–Crippen LogP) is 2.15. The maximum atomic E-state index is 12.1. The highest BCUT2D eigenvalue weighted by molar-refractivity contribution is 5.91. The van der Waals surface area contributed by atoms with Crippen LogP contribution >= 0.6 is 0 Å². The highest BCUT2D eigenvalue weighted by atomic mass is 16.5. The summed E-state index contributed by atoms with van der Waals surface area (Å²) in [5.74, 6) is -0.101. The molecule has 1 amide bonds. The molecule has 0 radical (unpaired) electrons. The van der Waals surface area contributed by atoms with Gasteiger partial charge in [-0.2, -0.15) is 0 Å². The summed E-state index contributed by atoms with van der Waals surface area (Å²) in [4.78, 5) is 31.4. The average Bonchev–Trinajstić information content (AvgIpc) is 3.28. The molecule has 1 unspecified atom stereocenters. The zero-order valence-corrected chi connectivity index (χ0v) is 15.0. The lowest BCUT2D eigenvalue weighted by Gasteiger charge is -2.11. The number of ether oxygens (including phenoxy) is 2. The number of carbonyl (C=O) groups is 2. The molecule has 26 heavy (non-hydrogen) atoms.